The van der Waals surface area contributed by atoms with Gasteiger partial charge in [-0.25, -0.2) is 4.39 Å². The van der Waals surface area contributed by atoms with E-state index < -0.39 is 11.9 Å². The van der Waals surface area contributed by atoms with Gasteiger partial charge in [0.05, 0.1) is 16.5 Å². The Labute approximate surface area is 133 Å². The van der Waals surface area contributed by atoms with E-state index in [2.05, 4.69) is 4.90 Å². The van der Waals surface area contributed by atoms with Gasteiger partial charge in [0.2, 0.25) is 5.78 Å². The van der Waals surface area contributed by atoms with Crippen LogP contribution in [0.15, 0.2) is 35.7 Å². The molecule has 1 fully saturated rings. The van der Waals surface area contributed by atoms with E-state index in [0.717, 1.165) is 19.5 Å². The number of hydrogen-bond donors (Lipinski definition) is 1. The molecule has 1 aliphatic heterocycles. The van der Waals surface area contributed by atoms with Gasteiger partial charge in [0.1, 0.15) is 5.82 Å². The fraction of sp³-hybridized carbons (Fsp3) is 0.353. The lowest BCUT2D eigenvalue weighted by atomic mass is 9.93. The molecule has 22 heavy (non-hydrogen) atoms. The molecule has 0 bridgehead atoms. The highest BCUT2D eigenvalue weighted by Gasteiger charge is 2.31. The number of hydrogen-bond acceptors (Lipinski definition) is 4. The summed E-state index contributed by atoms with van der Waals surface area (Å²) < 4.78 is 13.8. The number of likely N-dealkylation sites (tertiary alicyclic amines) is 1. The van der Waals surface area contributed by atoms with E-state index in [1.54, 1.807) is 23.6 Å². The zero-order chi connectivity index (χ0) is 15.7. The lowest BCUT2D eigenvalue weighted by Crippen LogP contribution is -2.19. The van der Waals surface area contributed by atoms with Crippen LogP contribution in [0, 0.1) is 11.7 Å². The zero-order valence-corrected chi connectivity index (χ0v) is 13.1. The predicted molar refractivity (Wildman–Crippen MR) is 84.7 cm³/mol. The molecule has 3 rings (SSSR count). The minimum atomic E-state index is -0.679. The van der Waals surface area contributed by atoms with Gasteiger partial charge in [0.25, 0.3) is 0 Å². The first-order valence-electron chi connectivity index (χ1n) is 7.31. The third-order valence-corrected chi connectivity index (χ3v) is 5.14. The van der Waals surface area contributed by atoms with Gasteiger partial charge < -0.3 is 10.0 Å². The summed E-state index contributed by atoms with van der Waals surface area (Å²) in [5, 5.41) is 12.4. The van der Waals surface area contributed by atoms with Crippen LogP contribution in [0.3, 0.4) is 0 Å². The summed E-state index contributed by atoms with van der Waals surface area (Å²) in [6, 6.07) is 7.75. The average molecular weight is 319 g/mol. The van der Waals surface area contributed by atoms with Crippen LogP contribution < -0.4 is 0 Å². The van der Waals surface area contributed by atoms with Crippen LogP contribution in [0.25, 0.3) is 0 Å². The van der Waals surface area contributed by atoms with Gasteiger partial charge in [-0.15, -0.1) is 11.3 Å². The molecule has 3 nitrogen and oxygen atoms in total. The summed E-state index contributed by atoms with van der Waals surface area (Å²) in [5.74, 6) is -0.762. The maximum Gasteiger partial charge on any atom is 0.206 e. The largest absolute Gasteiger partial charge is 0.388 e. The van der Waals surface area contributed by atoms with Gasteiger partial charge in [-0.3, -0.25) is 4.79 Å². The maximum absolute atomic E-state index is 13.8. The molecule has 1 saturated heterocycles. The molecule has 2 unspecified atom stereocenters. The standard InChI is InChI=1S/C17H18FNO2S/c1-19-8-6-11(10-19)15(20)13-7-9-22-17(13)16(21)12-4-2-3-5-14(12)18/h2-5,7,9,11,15,20H,6,8,10H2,1H3. The number of aliphatic hydroxyl groups is 1. The molecule has 1 aliphatic rings. The molecular formula is C17H18FNO2S. The minimum absolute atomic E-state index is 0.0574. The Hall–Kier alpha value is -1.56. The number of carbonyl (C=O) groups excluding carboxylic acids is 1. The van der Waals surface area contributed by atoms with E-state index in [1.165, 1.54) is 23.5 Å². The number of rotatable bonds is 4. The molecule has 1 aromatic carbocycles. The monoisotopic (exact) mass is 319 g/mol. The van der Waals surface area contributed by atoms with Gasteiger partial charge in [-0.2, -0.15) is 0 Å². The van der Waals surface area contributed by atoms with Crippen LogP contribution >= 0.6 is 11.3 Å². The summed E-state index contributed by atoms with van der Waals surface area (Å²) in [5.41, 5.74) is 0.681. The number of thiophene rings is 1. The van der Waals surface area contributed by atoms with E-state index in [1.807, 2.05) is 7.05 Å². The van der Waals surface area contributed by atoms with E-state index in [0.29, 0.717) is 10.4 Å². The first-order chi connectivity index (χ1) is 10.6. The second-order valence-electron chi connectivity index (χ2n) is 5.77. The average Bonchev–Trinajstić information content (AvgIpc) is 3.15. The Bertz CT molecular complexity index is 685. The molecule has 0 amide bonds. The molecule has 0 radical (unpaired) electrons. The Kier molecular flexibility index (Phi) is 4.38. The molecule has 1 N–H and O–H groups in total. The van der Waals surface area contributed by atoms with Crippen molar-refractivity contribution in [1.29, 1.82) is 0 Å². The minimum Gasteiger partial charge on any atom is -0.388 e. The first kappa shape index (κ1) is 15.3. The van der Waals surface area contributed by atoms with Crippen LogP contribution in [0.5, 0.6) is 0 Å². The fourth-order valence-corrected chi connectivity index (χ4v) is 3.88. The molecule has 1 aromatic heterocycles. The smallest absolute Gasteiger partial charge is 0.206 e. The van der Waals surface area contributed by atoms with Gasteiger partial charge in [0.15, 0.2) is 0 Å². The third-order valence-electron chi connectivity index (χ3n) is 4.21. The van der Waals surface area contributed by atoms with E-state index in [9.17, 15) is 14.3 Å². The van der Waals surface area contributed by atoms with Crippen molar-refractivity contribution in [2.45, 2.75) is 12.5 Å². The van der Waals surface area contributed by atoms with Crippen LogP contribution in [0.4, 0.5) is 4.39 Å². The Morgan fingerprint density at radius 2 is 2.18 bits per heavy atom. The van der Waals surface area contributed by atoms with Crippen molar-refractivity contribution >= 4 is 17.1 Å². The molecular weight excluding hydrogens is 301 g/mol. The second kappa shape index (κ2) is 6.28. The predicted octanol–water partition coefficient (Wildman–Crippen LogP) is 3.10. The number of benzene rings is 1. The number of nitrogens with zero attached hydrogens (tertiary/aromatic N) is 1. The van der Waals surface area contributed by atoms with Crippen molar-refractivity contribution in [2.24, 2.45) is 5.92 Å². The Balaban J connectivity index is 1.89. The number of aliphatic hydroxyl groups excluding tert-OH is 1. The SMILES string of the molecule is CN1CCC(C(O)c2ccsc2C(=O)c2ccccc2F)C1. The molecule has 116 valence electrons. The molecule has 0 saturated carbocycles. The van der Waals surface area contributed by atoms with Gasteiger partial charge >= 0.3 is 0 Å². The van der Waals surface area contributed by atoms with Crippen LogP contribution in [0.2, 0.25) is 0 Å². The molecule has 2 atom stereocenters. The highest BCUT2D eigenvalue weighted by molar-refractivity contribution is 7.12. The van der Waals surface area contributed by atoms with Crippen LogP contribution in [-0.4, -0.2) is 35.9 Å². The summed E-state index contributed by atoms with van der Waals surface area (Å²) in [6.45, 7) is 1.76. The van der Waals surface area contributed by atoms with Crippen molar-refractivity contribution in [2.75, 3.05) is 20.1 Å². The number of halogens is 1. The Morgan fingerprint density at radius 1 is 1.41 bits per heavy atom. The normalized spacial score (nSPS) is 20.2. The van der Waals surface area contributed by atoms with Gasteiger partial charge in [-0.1, -0.05) is 12.1 Å². The lowest BCUT2D eigenvalue weighted by molar-refractivity contribution is 0.0996. The number of carbonyl (C=O) groups is 1. The van der Waals surface area contributed by atoms with Crippen LogP contribution in [0.1, 0.15) is 33.3 Å². The van der Waals surface area contributed by atoms with Crippen LogP contribution in [-0.2, 0) is 0 Å². The summed E-state index contributed by atoms with van der Waals surface area (Å²) in [4.78, 5) is 15.2. The molecule has 0 aliphatic carbocycles. The molecule has 0 spiro atoms. The van der Waals surface area contributed by atoms with E-state index in [4.69, 9.17) is 0 Å². The van der Waals surface area contributed by atoms with Crippen molar-refractivity contribution < 1.29 is 14.3 Å². The maximum atomic E-state index is 13.8. The highest BCUT2D eigenvalue weighted by Crippen LogP contribution is 2.34. The lowest BCUT2D eigenvalue weighted by Gasteiger charge is -2.18. The van der Waals surface area contributed by atoms with Gasteiger partial charge in [0, 0.05) is 18.0 Å². The van der Waals surface area contributed by atoms with E-state index >= 15 is 0 Å². The van der Waals surface area contributed by atoms with Crippen molar-refractivity contribution in [3.63, 3.8) is 0 Å². The molecule has 2 heterocycles. The van der Waals surface area contributed by atoms with Crippen molar-refractivity contribution in [3.8, 4) is 0 Å². The molecule has 2 aromatic rings. The third kappa shape index (κ3) is 2.84. The Morgan fingerprint density at radius 3 is 2.86 bits per heavy atom. The highest BCUT2D eigenvalue weighted by atomic mass is 32.1. The van der Waals surface area contributed by atoms with E-state index in [-0.39, 0.29) is 17.3 Å². The summed E-state index contributed by atoms with van der Waals surface area (Å²) in [6.07, 6.45) is 0.225. The summed E-state index contributed by atoms with van der Waals surface area (Å²) >= 11 is 1.26. The topological polar surface area (TPSA) is 40.5 Å². The van der Waals surface area contributed by atoms with Crippen molar-refractivity contribution in [3.05, 3.63) is 57.5 Å². The van der Waals surface area contributed by atoms with Crippen molar-refractivity contribution in [1.82, 2.24) is 4.90 Å². The molecule has 5 heteroatoms. The zero-order valence-electron chi connectivity index (χ0n) is 12.3. The number of ketones is 1. The fourth-order valence-electron chi connectivity index (χ4n) is 2.99. The first-order valence-corrected chi connectivity index (χ1v) is 8.19. The quantitative estimate of drug-likeness (QED) is 0.880. The summed E-state index contributed by atoms with van der Waals surface area (Å²) in [7, 11) is 2.02. The van der Waals surface area contributed by atoms with Gasteiger partial charge in [-0.05, 0) is 43.6 Å². The second-order valence-corrected chi connectivity index (χ2v) is 6.69.